The van der Waals surface area contributed by atoms with Crippen LogP contribution in [0.2, 0.25) is 0 Å². The van der Waals surface area contributed by atoms with E-state index in [1.807, 2.05) is 54.8 Å². The average Bonchev–Trinajstić information content (AvgIpc) is 3.01. The van der Waals surface area contributed by atoms with Crippen LogP contribution in [0.4, 0.5) is 4.39 Å². The lowest BCUT2D eigenvalue weighted by Crippen LogP contribution is -2.25. The SMILES string of the molecule is Cc1cc(C(=O)[C@@H](C)OC(=O)CSc2ccccc2F)c(C)n1-c1ccccc1. The lowest BCUT2D eigenvalue weighted by Gasteiger charge is -2.13. The lowest BCUT2D eigenvalue weighted by molar-refractivity contribution is -0.143. The number of hydrogen-bond donors (Lipinski definition) is 0. The summed E-state index contributed by atoms with van der Waals surface area (Å²) in [6.07, 6.45) is -0.923. The molecule has 6 heteroatoms. The highest BCUT2D eigenvalue weighted by Crippen LogP contribution is 2.24. The smallest absolute Gasteiger partial charge is 0.316 e. The number of aromatic nitrogens is 1. The number of nitrogens with zero attached hydrogens (tertiary/aromatic N) is 1. The fraction of sp³-hybridized carbons (Fsp3) is 0.217. The van der Waals surface area contributed by atoms with Gasteiger partial charge in [0.25, 0.3) is 0 Å². The molecule has 1 heterocycles. The third-order valence-corrected chi connectivity index (χ3v) is 5.59. The zero-order valence-electron chi connectivity index (χ0n) is 16.5. The summed E-state index contributed by atoms with van der Waals surface area (Å²) in [5, 5.41) is 0. The van der Waals surface area contributed by atoms with Crippen molar-refractivity contribution in [1.29, 1.82) is 0 Å². The largest absolute Gasteiger partial charge is 0.454 e. The molecule has 0 bridgehead atoms. The highest BCUT2D eigenvalue weighted by Gasteiger charge is 2.24. The highest BCUT2D eigenvalue weighted by atomic mass is 32.2. The third kappa shape index (κ3) is 4.77. The first kappa shape index (κ1) is 20.9. The van der Waals surface area contributed by atoms with Gasteiger partial charge >= 0.3 is 5.97 Å². The second kappa shape index (κ2) is 9.09. The Hall–Kier alpha value is -2.86. The van der Waals surface area contributed by atoms with Gasteiger partial charge in [-0.25, -0.2) is 4.39 Å². The number of para-hydroxylation sites is 1. The molecule has 0 aliphatic carbocycles. The number of ketones is 1. The van der Waals surface area contributed by atoms with Gasteiger partial charge in [0.05, 0.1) is 5.75 Å². The summed E-state index contributed by atoms with van der Waals surface area (Å²) in [5.41, 5.74) is 3.20. The minimum Gasteiger partial charge on any atom is -0.454 e. The van der Waals surface area contributed by atoms with E-state index in [1.54, 1.807) is 25.1 Å². The quantitative estimate of drug-likeness (QED) is 0.307. The van der Waals surface area contributed by atoms with Crippen molar-refractivity contribution in [3.8, 4) is 5.69 Å². The molecule has 0 saturated carbocycles. The van der Waals surface area contributed by atoms with Crippen molar-refractivity contribution < 1.29 is 18.7 Å². The number of benzene rings is 2. The van der Waals surface area contributed by atoms with Gasteiger partial charge in [-0.3, -0.25) is 9.59 Å². The topological polar surface area (TPSA) is 48.3 Å². The first-order chi connectivity index (χ1) is 13.9. The van der Waals surface area contributed by atoms with Gasteiger partial charge in [-0.15, -0.1) is 11.8 Å². The predicted molar refractivity (Wildman–Crippen MR) is 112 cm³/mol. The summed E-state index contributed by atoms with van der Waals surface area (Å²) in [5.74, 6) is -1.27. The number of carbonyl (C=O) groups excluding carboxylic acids is 2. The Bertz CT molecular complexity index is 1030. The number of esters is 1. The molecule has 29 heavy (non-hydrogen) atoms. The van der Waals surface area contributed by atoms with Crippen LogP contribution in [-0.4, -0.2) is 28.2 Å². The maximum atomic E-state index is 13.6. The molecule has 0 amide bonds. The summed E-state index contributed by atoms with van der Waals surface area (Å²) in [7, 11) is 0. The maximum absolute atomic E-state index is 13.6. The molecular weight excluding hydrogens is 389 g/mol. The van der Waals surface area contributed by atoms with Crippen molar-refractivity contribution in [2.45, 2.75) is 31.8 Å². The Labute approximate surface area is 173 Å². The average molecular weight is 411 g/mol. The zero-order valence-corrected chi connectivity index (χ0v) is 17.3. The zero-order chi connectivity index (χ0) is 21.0. The Balaban J connectivity index is 1.67. The van der Waals surface area contributed by atoms with Gasteiger partial charge in [0.15, 0.2) is 6.10 Å². The van der Waals surface area contributed by atoms with Crippen molar-refractivity contribution in [2.75, 3.05) is 5.75 Å². The predicted octanol–water partition coefficient (Wildman–Crippen LogP) is 5.14. The van der Waals surface area contributed by atoms with E-state index >= 15 is 0 Å². The molecule has 4 nitrogen and oxygen atoms in total. The monoisotopic (exact) mass is 411 g/mol. The molecule has 0 fully saturated rings. The second-order valence-corrected chi connectivity index (χ2v) is 7.69. The van der Waals surface area contributed by atoms with Gasteiger partial charge in [0.2, 0.25) is 5.78 Å². The normalized spacial score (nSPS) is 11.9. The minimum absolute atomic E-state index is 0.0679. The maximum Gasteiger partial charge on any atom is 0.316 e. The first-order valence-electron chi connectivity index (χ1n) is 9.24. The van der Waals surface area contributed by atoms with Gasteiger partial charge in [-0.2, -0.15) is 0 Å². The van der Waals surface area contributed by atoms with Crippen molar-refractivity contribution in [3.05, 3.63) is 83.4 Å². The van der Waals surface area contributed by atoms with Gasteiger partial charge in [-0.1, -0.05) is 30.3 Å². The van der Waals surface area contributed by atoms with E-state index in [-0.39, 0.29) is 17.4 Å². The molecule has 2 aromatic carbocycles. The molecule has 0 N–H and O–H groups in total. The summed E-state index contributed by atoms with van der Waals surface area (Å²) in [6, 6.07) is 17.8. The molecule has 1 atom stereocenters. The van der Waals surface area contributed by atoms with Crippen LogP contribution in [0.3, 0.4) is 0 Å². The number of ether oxygens (including phenoxy) is 1. The summed E-state index contributed by atoms with van der Waals surface area (Å²) in [4.78, 5) is 25.4. The van der Waals surface area contributed by atoms with Crippen molar-refractivity contribution in [3.63, 3.8) is 0 Å². The van der Waals surface area contributed by atoms with E-state index in [1.165, 1.54) is 6.07 Å². The number of Topliss-reactive ketones (excluding diaryl/α,β-unsaturated/α-hetero) is 1. The molecule has 3 rings (SSSR count). The molecular formula is C23H22FNO3S. The highest BCUT2D eigenvalue weighted by molar-refractivity contribution is 8.00. The Kier molecular flexibility index (Phi) is 6.54. The van der Waals surface area contributed by atoms with Crippen LogP contribution in [0, 0.1) is 19.7 Å². The van der Waals surface area contributed by atoms with Crippen LogP contribution in [0.15, 0.2) is 65.6 Å². The fourth-order valence-electron chi connectivity index (χ4n) is 3.19. The van der Waals surface area contributed by atoms with Gasteiger partial charge < -0.3 is 9.30 Å². The molecule has 0 saturated heterocycles. The fourth-order valence-corrected chi connectivity index (χ4v) is 3.91. The number of halogens is 1. The van der Waals surface area contributed by atoms with Crippen molar-refractivity contribution in [2.24, 2.45) is 0 Å². The molecule has 0 unspecified atom stereocenters. The van der Waals surface area contributed by atoms with Crippen LogP contribution in [0.5, 0.6) is 0 Å². The van der Waals surface area contributed by atoms with Crippen LogP contribution >= 0.6 is 11.8 Å². The Morgan fingerprint density at radius 3 is 2.41 bits per heavy atom. The van der Waals surface area contributed by atoms with Crippen molar-refractivity contribution >= 4 is 23.5 Å². The first-order valence-corrected chi connectivity index (χ1v) is 10.2. The number of rotatable bonds is 7. The van der Waals surface area contributed by atoms with Crippen LogP contribution in [-0.2, 0) is 9.53 Å². The third-order valence-electron chi connectivity index (χ3n) is 4.57. The van der Waals surface area contributed by atoms with E-state index in [4.69, 9.17) is 4.74 Å². The standard InChI is InChI=1S/C23H22FNO3S/c1-15-13-19(16(2)25(15)18-9-5-4-6-10-18)23(27)17(3)28-22(26)14-29-21-12-8-7-11-20(21)24/h4-13,17H,14H2,1-3H3/t17-/m1/s1. The molecule has 0 spiro atoms. The van der Waals surface area contributed by atoms with E-state index in [9.17, 15) is 14.0 Å². The minimum atomic E-state index is -0.923. The summed E-state index contributed by atoms with van der Waals surface area (Å²) < 4.78 is 20.9. The van der Waals surface area contributed by atoms with E-state index < -0.39 is 12.1 Å². The molecule has 0 aliphatic heterocycles. The Morgan fingerprint density at radius 1 is 1.07 bits per heavy atom. The number of hydrogen-bond acceptors (Lipinski definition) is 4. The molecule has 150 valence electrons. The number of carbonyl (C=O) groups is 2. The lowest BCUT2D eigenvalue weighted by atomic mass is 10.1. The summed E-state index contributed by atoms with van der Waals surface area (Å²) >= 11 is 1.05. The molecule has 1 aromatic heterocycles. The van der Waals surface area contributed by atoms with Gasteiger partial charge in [0, 0.05) is 27.5 Å². The molecule has 3 aromatic rings. The van der Waals surface area contributed by atoms with Gasteiger partial charge in [0.1, 0.15) is 5.82 Å². The van der Waals surface area contributed by atoms with Crippen molar-refractivity contribution in [1.82, 2.24) is 4.57 Å². The van der Waals surface area contributed by atoms with Crippen LogP contribution in [0.25, 0.3) is 5.69 Å². The van der Waals surface area contributed by atoms with Crippen LogP contribution in [0.1, 0.15) is 28.7 Å². The van der Waals surface area contributed by atoms with E-state index in [0.717, 1.165) is 28.8 Å². The number of aryl methyl sites for hydroxylation is 1. The Morgan fingerprint density at radius 2 is 1.72 bits per heavy atom. The second-order valence-electron chi connectivity index (χ2n) is 6.67. The van der Waals surface area contributed by atoms with Crippen LogP contribution < -0.4 is 0 Å². The van der Waals surface area contributed by atoms with E-state index in [0.29, 0.717) is 10.5 Å². The van der Waals surface area contributed by atoms with Gasteiger partial charge in [-0.05, 0) is 51.1 Å². The number of thioether (sulfide) groups is 1. The molecule has 0 radical (unpaired) electrons. The van der Waals surface area contributed by atoms with E-state index in [2.05, 4.69) is 0 Å². The summed E-state index contributed by atoms with van der Waals surface area (Å²) in [6.45, 7) is 5.36. The molecule has 0 aliphatic rings.